The normalized spacial score (nSPS) is 21.9. The molecule has 3 heteroatoms. The lowest BCUT2D eigenvalue weighted by molar-refractivity contribution is -0.142. The Morgan fingerprint density at radius 3 is 2.60 bits per heavy atom. The van der Waals surface area contributed by atoms with Crippen LogP contribution in [-0.2, 0) is 11.3 Å². The summed E-state index contributed by atoms with van der Waals surface area (Å²) in [6.45, 7) is 7.55. The average Bonchev–Trinajstić information content (AvgIpc) is 2.95. The van der Waals surface area contributed by atoms with Gasteiger partial charge < -0.3 is 10.2 Å². The van der Waals surface area contributed by atoms with Gasteiger partial charge in [-0.05, 0) is 31.9 Å². The van der Waals surface area contributed by atoms with Gasteiger partial charge in [-0.2, -0.15) is 0 Å². The predicted octanol–water partition coefficient (Wildman–Crippen LogP) is 2.81. The van der Waals surface area contributed by atoms with Crippen molar-refractivity contribution in [2.24, 2.45) is 5.41 Å². The number of nitrogens with one attached hydrogen (secondary N) is 1. The van der Waals surface area contributed by atoms with E-state index in [9.17, 15) is 4.79 Å². The Balaban J connectivity index is 2.11. The third-order valence-electron chi connectivity index (χ3n) is 4.31. The molecule has 20 heavy (non-hydrogen) atoms. The maximum Gasteiger partial charge on any atom is 0.230 e. The first-order chi connectivity index (χ1) is 9.72. The van der Waals surface area contributed by atoms with Gasteiger partial charge in [-0.15, -0.1) is 0 Å². The van der Waals surface area contributed by atoms with Crippen molar-refractivity contribution in [2.75, 3.05) is 19.6 Å². The number of rotatable bonds is 6. The molecule has 0 aromatic heterocycles. The number of nitrogens with zero attached hydrogens (tertiary/aromatic N) is 1. The summed E-state index contributed by atoms with van der Waals surface area (Å²) in [6.07, 6.45) is 3.03. The first-order valence-corrected chi connectivity index (χ1v) is 7.76. The lowest BCUT2D eigenvalue weighted by atomic mass is 9.81. The molecule has 1 fully saturated rings. The highest BCUT2D eigenvalue weighted by molar-refractivity contribution is 5.83. The molecule has 1 unspecified atom stereocenters. The Hall–Kier alpha value is -1.35. The van der Waals surface area contributed by atoms with Crippen molar-refractivity contribution in [3.63, 3.8) is 0 Å². The van der Waals surface area contributed by atoms with Crippen molar-refractivity contribution in [3.05, 3.63) is 35.9 Å². The van der Waals surface area contributed by atoms with E-state index in [1.807, 2.05) is 23.1 Å². The van der Waals surface area contributed by atoms with E-state index in [0.29, 0.717) is 5.91 Å². The minimum atomic E-state index is -0.167. The second-order valence-electron chi connectivity index (χ2n) is 5.76. The monoisotopic (exact) mass is 274 g/mol. The van der Waals surface area contributed by atoms with Crippen LogP contribution in [0.2, 0.25) is 0 Å². The second-order valence-corrected chi connectivity index (χ2v) is 5.76. The van der Waals surface area contributed by atoms with Crippen LogP contribution in [0.15, 0.2) is 30.3 Å². The molecule has 1 aliphatic rings. The number of amides is 1. The van der Waals surface area contributed by atoms with Crippen molar-refractivity contribution < 1.29 is 4.79 Å². The van der Waals surface area contributed by atoms with E-state index in [2.05, 4.69) is 31.3 Å². The quantitative estimate of drug-likeness (QED) is 0.865. The van der Waals surface area contributed by atoms with Crippen LogP contribution < -0.4 is 5.32 Å². The van der Waals surface area contributed by atoms with E-state index in [-0.39, 0.29) is 5.41 Å². The minimum absolute atomic E-state index is 0.167. The van der Waals surface area contributed by atoms with Gasteiger partial charge in [0.1, 0.15) is 0 Å². The summed E-state index contributed by atoms with van der Waals surface area (Å²) in [5, 5.41) is 3.37. The largest absolute Gasteiger partial charge is 0.338 e. The van der Waals surface area contributed by atoms with Gasteiger partial charge in [-0.1, -0.05) is 43.7 Å². The first-order valence-electron chi connectivity index (χ1n) is 7.76. The smallest absolute Gasteiger partial charge is 0.230 e. The molecule has 3 nitrogen and oxygen atoms in total. The minimum Gasteiger partial charge on any atom is -0.338 e. The van der Waals surface area contributed by atoms with Gasteiger partial charge in [0.15, 0.2) is 0 Å². The van der Waals surface area contributed by atoms with Crippen LogP contribution in [0.1, 0.15) is 38.7 Å². The zero-order chi connectivity index (χ0) is 14.4. The first kappa shape index (κ1) is 15.0. The zero-order valence-corrected chi connectivity index (χ0v) is 12.7. The maximum atomic E-state index is 13.0. The van der Waals surface area contributed by atoms with Gasteiger partial charge in [0.2, 0.25) is 5.91 Å². The summed E-state index contributed by atoms with van der Waals surface area (Å²) in [7, 11) is 0. The summed E-state index contributed by atoms with van der Waals surface area (Å²) in [5.41, 5.74) is 1.04. The van der Waals surface area contributed by atoms with Crippen LogP contribution in [0.4, 0.5) is 0 Å². The van der Waals surface area contributed by atoms with E-state index in [0.717, 1.165) is 45.4 Å². The molecule has 1 aromatic carbocycles. The molecular weight excluding hydrogens is 248 g/mol. The third-order valence-corrected chi connectivity index (χ3v) is 4.31. The van der Waals surface area contributed by atoms with Gasteiger partial charge in [-0.25, -0.2) is 0 Å². The average molecular weight is 274 g/mol. The van der Waals surface area contributed by atoms with Crippen molar-refractivity contribution in [1.29, 1.82) is 0 Å². The highest BCUT2D eigenvalue weighted by Gasteiger charge is 2.42. The van der Waals surface area contributed by atoms with Crippen LogP contribution >= 0.6 is 0 Å². The number of benzene rings is 1. The van der Waals surface area contributed by atoms with Gasteiger partial charge in [0.25, 0.3) is 0 Å². The van der Waals surface area contributed by atoms with Gasteiger partial charge in [0, 0.05) is 19.6 Å². The van der Waals surface area contributed by atoms with Crippen molar-refractivity contribution in [1.82, 2.24) is 10.2 Å². The van der Waals surface area contributed by atoms with E-state index in [1.54, 1.807) is 0 Å². The van der Waals surface area contributed by atoms with E-state index >= 15 is 0 Å². The van der Waals surface area contributed by atoms with E-state index in [4.69, 9.17) is 0 Å². The van der Waals surface area contributed by atoms with E-state index < -0.39 is 0 Å². The molecule has 0 radical (unpaired) electrons. The standard InChI is InChI=1S/C17H26N2O/c1-3-10-17(11-12-18-14-17)16(20)19(4-2)13-15-8-6-5-7-9-15/h5-9,18H,3-4,10-14H2,1-2H3. The summed E-state index contributed by atoms with van der Waals surface area (Å²) >= 11 is 0. The molecule has 1 N–H and O–H groups in total. The molecule has 1 saturated heterocycles. The van der Waals surface area contributed by atoms with Crippen molar-refractivity contribution in [3.8, 4) is 0 Å². The maximum absolute atomic E-state index is 13.0. The van der Waals surface area contributed by atoms with Crippen LogP contribution in [0, 0.1) is 5.41 Å². The molecule has 0 aliphatic carbocycles. The second kappa shape index (κ2) is 6.89. The molecule has 1 aliphatic heterocycles. The molecular formula is C17H26N2O. The summed E-state index contributed by atoms with van der Waals surface area (Å²) in [4.78, 5) is 15.0. The van der Waals surface area contributed by atoms with Crippen LogP contribution in [-0.4, -0.2) is 30.4 Å². The van der Waals surface area contributed by atoms with Crippen molar-refractivity contribution in [2.45, 2.75) is 39.7 Å². The van der Waals surface area contributed by atoms with Gasteiger partial charge in [0.05, 0.1) is 5.41 Å². The molecule has 0 saturated carbocycles. The van der Waals surface area contributed by atoms with Gasteiger partial charge >= 0.3 is 0 Å². The highest BCUT2D eigenvalue weighted by atomic mass is 16.2. The summed E-state index contributed by atoms with van der Waals surface area (Å²) in [5.74, 6) is 0.329. The van der Waals surface area contributed by atoms with E-state index in [1.165, 1.54) is 5.56 Å². The van der Waals surface area contributed by atoms with Crippen LogP contribution in [0.3, 0.4) is 0 Å². The summed E-state index contributed by atoms with van der Waals surface area (Å²) in [6, 6.07) is 10.3. The SMILES string of the molecule is CCCC1(C(=O)N(CC)Cc2ccccc2)CCNC1. The molecule has 1 amide bonds. The molecule has 1 aromatic rings. The Morgan fingerprint density at radius 1 is 1.30 bits per heavy atom. The topological polar surface area (TPSA) is 32.3 Å². The molecule has 1 heterocycles. The van der Waals surface area contributed by atoms with Crippen LogP contribution in [0.5, 0.6) is 0 Å². The van der Waals surface area contributed by atoms with Gasteiger partial charge in [-0.3, -0.25) is 4.79 Å². The Morgan fingerprint density at radius 2 is 2.05 bits per heavy atom. The number of carbonyl (C=O) groups excluding carboxylic acids is 1. The summed E-state index contributed by atoms with van der Waals surface area (Å²) < 4.78 is 0. The predicted molar refractivity (Wildman–Crippen MR) is 82.4 cm³/mol. The Labute approximate surface area is 122 Å². The van der Waals surface area contributed by atoms with Crippen molar-refractivity contribution >= 4 is 5.91 Å². The molecule has 110 valence electrons. The molecule has 2 rings (SSSR count). The lowest BCUT2D eigenvalue weighted by Crippen LogP contribution is -2.45. The molecule has 1 atom stereocenters. The Bertz CT molecular complexity index is 424. The number of carbonyl (C=O) groups is 1. The lowest BCUT2D eigenvalue weighted by Gasteiger charge is -2.33. The highest BCUT2D eigenvalue weighted by Crippen LogP contribution is 2.33. The Kier molecular flexibility index (Phi) is 5.18. The third kappa shape index (κ3) is 3.21. The number of hydrogen-bond donors (Lipinski definition) is 1. The molecule has 0 bridgehead atoms. The fraction of sp³-hybridized carbons (Fsp3) is 0.588. The fourth-order valence-corrected chi connectivity index (χ4v) is 3.19. The molecule has 0 spiro atoms. The fourth-order valence-electron chi connectivity index (χ4n) is 3.19. The zero-order valence-electron chi connectivity index (χ0n) is 12.7. The number of hydrogen-bond acceptors (Lipinski definition) is 2. The van der Waals surface area contributed by atoms with Crippen LogP contribution in [0.25, 0.3) is 0 Å².